The average molecular weight is 271 g/mol. The highest BCUT2D eigenvalue weighted by Crippen LogP contribution is 2.34. The Morgan fingerprint density at radius 1 is 1.15 bits per heavy atom. The van der Waals surface area contributed by atoms with Gasteiger partial charge in [0.1, 0.15) is 5.75 Å². The Balaban J connectivity index is 1.69. The molecule has 0 atom stereocenters. The Hall–Kier alpha value is -2.69. The molecule has 1 aliphatic heterocycles. The minimum absolute atomic E-state index is 0.201. The summed E-state index contributed by atoms with van der Waals surface area (Å²) in [6.07, 6.45) is -0.543. The maximum Gasteiger partial charge on any atom is 0.417 e. The molecule has 0 fully saturated rings. The van der Waals surface area contributed by atoms with Crippen LogP contribution in [0.5, 0.6) is 17.2 Å². The first kappa shape index (κ1) is 12.3. The van der Waals surface area contributed by atoms with Crippen LogP contribution in [-0.2, 0) is 0 Å². The highest BCUT2D eigenvalue weighted by molar-refractivity contribution is 5.87. The van der Waals surface area contributed by atoms with Gasteiger partial charge in [0.15, 0.2) is 11.5 Å². The molecule has 3 rings (SSSR count). The number of ether oxygens (including phenoxy) is 3. The smallest absolute Gasteiger partial charge is 0.417 e. The van der Waals surface area contributed by atoms with Crippen LogP contribution in [0.15, 0.2) is 42.5 Å². The van der Waals surface area contributed by atoms with E-state index < -0.39 is 6.09 Å². The molecule has 0 spiro atoms. The average Bonchev–Trinajstić information content (AvgIpc) is 2.89. The highest BCUT2D eigenvalue weighted by Gasteiger charge is 2.14. The third-order valence-electron chi connectivity index (χ3n) is 2.92. The van der Waals surface area contributed by atoms with Crippen LogP contribution in [0.4, 0.5) is 10.5 Å². The topological polar surface area (TPSA) is 56.8 Å². The second-order valence-electron chi connectivity index (χ2n) is 4.35. The molecule has 0 saturated heterocycles. The van der Waals surface area contributed by atoms with E-state index in [-0.39, 0.29) is 6.79 Å². The Morgan fingerprint density at radius 2 is 1.95 bits per heavy atom. The summed E-state index contributed by atoms with van der Waals surface area (Å²) in [7, 11) is 0. The Morgan fingerprint density at radius 3 is 2.80 bits per heavy atom. The maximum absolute atomic E-state index is 11.8. The molecule has 5 nitrogen and oxygen atoms in total. The minimum Gasteiger partial charge on any atom is -0.454 e. The number of hydrogen-bond acceptors (Lipinski definition) is 4. The summed E-state index contributed by atoms with van der Waals surface area (Å²) in [5, 5.41) is 2.65. The van der Waals surface area contributed by atoms with Crippen molar-refractivity contribution in [1.29, 1.82) is 0 Å². The molecule has 1 aliphatic rings. The number of rotatable bonds is 2. The van der Waals surface area contributed by atoms with Crippen molar-refractivity contribution in [3.05, 3.63) is 48.0 Å². The van der Waals surface area contributed by atoms with Gasteiger partial charge in [-0.2, -0.15) is 0 Å². The third-order valence-corrected chi connectivity index (χ3v) is 2.92. The number of nitrogens with one attached hydrogen (secondary N) is 1. The van der Waals surface area contributed by atoms with Crippen LogP contribution in [0, 0.1) is 6.92 Å². The molecule has 20 heavy (non-hydrogen) atoms. The molecule has 0 radical (unpaired) electrons. The maximum atomic E-state index is 11.8. The molecule has 5 heteroatoms. The summed E-state index contributed by atoms with van der Waals surface area (Å²) in [6, 6.07) is 12.5. The monoisotopic (exact) mass is 271 g/mol. The molecule has 0 unspecified atom stereocenters. The predicted molar refractivity (Wildman–Crippen MR) is 73.4 cm³/mol. The summed E-state index contributed by atoms with van der Waals surface area (Å²) >= 11 is 0. The van der Waals surface area contributed by atoms with Crippen molar-refractivity contribution in [2.45, 2.75) is 6.92 Å². The predicted octanol–water partition coefficient (Wildman–Crippen LogP) is 3.33. The van der Waals surface area contributed by atoms with Gasteiger partial charge in [-0.25, -0.2) is 4.79 Å². The standard InChI is InChI=1S/C15H13NO4/c1-10-4-2-3-5-12(10)20-15(17)16-11-6-7-13-14(8-11)19-9-18-13/h2-8H,9H2,1H3,(H,16,17). The van der Waals surface area contributed by atoms with Gasteiger partial charge in [-0.15, -0.1) is 0 Å². The first-order valence-electron chi connectivity index (χ1n) is 6.16. The van der Waals surface area contributed by atoms with Crippen LogP contribution in [0.2, 0.25) is 0 Å². The van der Waals surface area contributed by atoms with Gasteiger partial charge in [-0.1, -0.05) is 18.2 Å². The molecule has 102 valence electrons. The van der Waals surface area contributed by atoms with E-state index in [4.69, 9.17) is 14.2 Å². The summed E-state index contributed by atoms with van der Waals surface area (Å²) in [5.74, 6) is 1.81. The van der Waals surface area contributed by atoms with Crippen LogP contribution in [0.3, 0.4) is 0 Å². The number of hydrogen-bond donors (Lipinski definition) is 1. The van der Waals surface area contributed by atoms with Crippen molar-refractivity contribution in [3.8, 4) is 17.2 Å². The number of para-hydroxylation sites is 1. The number of carbonyl (C=O) groups excluding carboxylic acids is 1. The second-order valence-corrected chi connectivity index (χ2v) is 4.35. The van der Waals surface area contributed by atoms with Gasteiger partial charge < -0.3 is 14.2 Å². The molecule has 0 saturated carbocycles. The zero-order valence-electron chi connectivity index (χ0n) is 10.9. The van der Waals surface area contributed by atoms with Crippen LogP contribution < -0.4 is 19.5 Å². The molecule has 2 aromatic rings. The van der Waals surface area contributed by atoms with Gasteiger partial charge in [0.2, 0.25) is 6.79 Å². The Kier molecular flexibility index (Phi) is 3.16. The van der Waals surface area contributed by atoms with E-state index in [0.717, 1.165) is 5.56 Å². The van der Waals surface area contributed by atoms with Crippen LogP contribution in [0.1, 0.15) is 5.56 Å². The number of anilines is 1. The second kappa shape index (κ2) is 5.13. The molecular formula is C15H13NO4. The molecule has 1 amide bonds. The third kappa shape index (κ3) is 2.51. The normalized spacial score (nSPS) is 12.1. The quantitative estimate of drug-likeness (QED) is 0.910. The van der Waals surface area contributed by atoms with Gasteiger partial charge in [0.05, 0.1) is 0 Å². The lowest BCUT2D eigenvalue weighted by atomic mass is 10.2. The number of carbonyl (C=O) groups is 1. The lowest BCUT2D eigenvalue weighted by molar-refractivity contribution is 0.174. The van der Waals surface area contributed by atoms with Crippen molar-refractivity contribution in [3.63, 3.8) is 0 Å². The number of amides is 1. The molecule has 2 aromatic carbocycles. The SMILES string of the molecule is Cc1ccccc1OC(=O)Nc1ccc2c(c1)OCO2. The van der Waals surface area contributed by atoms with Crippen LogP contribution in [0.25, 0.3) is 0 Å². The van der Waals surface area contributed by atoms with Gasteiger partial charge >= 0.3 is 6.09 Å². The lowest BCUT2D eigenvalue weighted by Crippen LogP contribution is -2.17. The van der Waals surface area contributed by atoms with E-state index in [1.54, 1.807) is 24.3 Å². The van der Waals surface area contributed by atoms with E-state index in [1.807, 2.05) is 25.1 Å². The zero-order chi connectivity index (χ0) is 13.9. The van der Waals surface area contributed by atoms with E-state index in [0.29, 0.717) is 22.9 Å². The van der Waals surface area contributed by atoms with Crippen molar-refractivity contribution >= 4 is 11.8 Å². The zero-order valence-corrected chi connectivity index (χ0v) is 10.9. The number of benzene rings is 2. The van der Waals surface area contributed by atoms with Crippen molar-refractivity contribution in [1.82, 2.24) is 0 Å². The minimum atomic E-state index is -0.543. The van der Waals surface area contributed by atoms with Gasteiger partial charge in [-0.3, -0.25) is 5.32 Å². The highest BCUT2D eigenvalue weighted by atomic mass is 16.7. The molecule has 1 heterocycles. The molecule has 0 bridgehead atoms. The summed E-state index contributed by atoms with van der Waals surface area (Å²) < 4.78 is 15.7. The van der Waals surface area contributed by atoms with E-state index >= 15 is 0 Å². The van der Waals surface area contributed by atoms with Gasteiger partial charge in [-0.05, 0) is 30.7 Å². The summed E-state index contributed by atoms with van der Waals surface area (Å²) in [6.45, 7) is 2.08. The lowest BCUT2D eigenvalue weighted by Gasteiger charge is -2.08. The van der Waals surface area contributed by atoms with Crippen molar-refractivity contribution < 1.29 is 19.0 Å². The fourth-order valence-electron chi connectivity index (χ4n) is 1.89. The number of fused-ring (bicyclic) bond motifs is 1. The molecule has 0 aliphatic carbocycles. The molecule has 0 aromatic heterocycles. The summed E-state index contributed by atoms with van der Waals surface area (Å²) in [5.41, 5.74) is 1.49. The Bertz CT molecular complexity index is 654. The van der Waals surface area contributed by atoms with Crippen molar-refractivity contribution in [2.75, 3.05) is 12.1 Å². The fraction of sp³-hybridized carbons (Fsp3) is 0.133. The first-order chi connectivity index (χ1) is 9.72. The first-order valence-corrected chi connectivity index (χ1v) is 6.16. The van der Waals surface area contributed by atoms with E-state index in [1.165, 1.54) is 0 Å². The number of aryl methyl sites for hydroxylation is 1. The molecule has 1 N–H and O–H groups in total. The van der Waals surface area contributed by atoms with Crippen molar-refractivity contribution in [2.24, 2.45) is 0 Å². The fourth-order valence-corrected chi connectivity index (χ4v) is 1.89. The van der Waals surface area contributed by atoms with E-state index in [9.17, 15) is 4.79 Å². The summed E-state index contributed by atoms with van der Waals surface area (Å²) in [4.78, 5) is 11.8. The van der Waals surface area contributed by atoms with E-state index in [2.05, 4.69) is 5.32 Å². The van der Waals surface area contributed by atoms with Crippen LogP contribution in [-0.4, -0.2) is 12.9 Å². The van der Waals surface area contributed by atoms with Gasteiger partial charge in [0.25, 0.3) is 0 Å². The largest absolute Gasteiger partial charge is 0.454 e. The van der Waals surface area contributed by atoms with Crippen LogP contribution >= 0.6 is 0 Å². The Labute approximate surface area is 116 Å². The van der Waals surface area contributed by atoms with Gasteiger partial charge in [0, 0.05) is 11.8 Å². The molecular weight excluding hydrogens is 258 g/mol.